The van der Waals surface area contributed by atoms with Crippen LogP contribution in [-0.2, 0) is 4.79 Å². The van der Waals surface area contributed by atoms with E-state index in [0.717, 1.165) is 0 Å². The highest BCUT2D eigenvalue weighted by atomic mass is 32.1. The van der Waals surface area contributed by atoms with Crippen LogP contribution in [0, 0.1) is 0 Å². The number of hydrogen-bond donors (Lipinski definition) is 2. The van der Waals surface area contributed by atoms with Gasteiger partial charge in [0, 0.05) is 6.21 Å². The van der Waals surface area contributed by atoms with E-state index >= 15 is 0 Å². The molecule has 3 nitrogen and oxygen atoms in total. The fraction of sp³-hybridized carbons (Fsp3) is 0.333. The molecule has 1 rings (SSSR count). The molecule has 1 aliphatic rings. The van der Waals surface area contributed by atoms with Crippen LogP contribution in [0.15, 0.2) is 5.10 Å². The summed E-state index contributed by atoms with van der Waals surface area (Å²) in [5, 5.41) is 3.11. The van der Waals surface area contributed by atoms with Gasteiger partial charge in [-0.1, -0.05) is 0 Å². The summed E-state index contributed by atoms with van der Waals surface area (Å²) in [6.45, 7) is 0. The van der Waals surface area contributed by atoms with Crippen molar-refractivity contribution in [3.8, 4) is 0 Å². The van der Waals surface area contributed by atoms with Gasteiger partial charge in [0.2, 0.25) is 0 Å². The zero-order valence-electron chi connectivity index (χ0n) is 3.46. The fourth-order valence-corrected chi connectivity index (χ4v) is 0.430. The van der Waals surface area contributed by atoms with Gasteiger partial charge < -0.3 is 0 Å². The van der Waals surface area contributed by atoms with E-state index in [2.05, 4.69) is 23.2 Å². The number of hydrazone groups is 1. The first-order valence-electron chi connectivity index (χ1n) is 1.82. The summed E-state index contributed by atoms with van der Waals surface area (Å²) in [6, 6.07) is 0. The van der Waals surface area contributed by atoms with Crippen LogP contribution < -0.4 is 5.43 Å². The molecule has 0 fully saturated rings. The van der Waals surface area contributed by atoms with Gasteiger partial charge in [-0.2, -0.15) is 17.7 Å². The molecule has 0 aromatic rings. The molecule has 1 heterocycles. The van der Waals surface area contributed by atoms with Crippen LogP contribution in [0.5, 0.6) is 0 Å². The summed E-state index contributed by atoms with van der Waals surface area (Å²) in [4.78, 5) is 10.3. The van der Waals surface area contributed by atoms with Crippen LogP contribution in [-0.4, -0.2) is 17.4 Å². The number of nitrogens with one attached hydrogen (secondary N) is 1. The molecule has 1 unspecified atom stereocenters. The van der Waals surface area contributed by atoms with Crippen molar-refractivity contribution < 1.29 is 4.79 Å². The number of carbonyl (C=O) groups excluding carboxylic acids is 1. The molecule has 7 heavy (non-hydrogen) atoms. The Labute approximate surface area is 46.2 Å². The highest BCUT2D eigenvalue weighted by Crippen LogP contribution is 1.94. The van der Waals surface area contributed by atoms with Crippen molar-refractivity contribution >= 4 is 24.8 Å². The second-order valence-corrected chi connectivity index (χ2v) is 1.76. The molecule has 1 atom stereocenters. The minimum absolute atomic E-state index is 0.150. The van der Waals surface area contributed by atoms with E-state index in [1.807, 2.05) is 0 Å². The lowest BCUT2D eigenvalue weighted by atomic mass is 10.5. The van der Waals surface area contributed by atoms with E-state index in [-0.39, 0.29) is 11.2 Å². The van der Waals surface area contributed by atoms with E-state index in [9.17, 15) is 4.79 Å². The molecule has 1 amide bonds. The number of amides is 1. The average Bonchev–Trinajstić information content (AvgIpc) is 1.91. The third kappa shape index (κ3) is 0.742. The van der Waals surface area contributed by atoms with Crippen LogP contribution in [0.3, 0.4) is 0 Å². The Balaban J connectivity index is 2.62. The lowest BCUT2D eigenvalue weighted by Gasteiger charge is -1.87. The molecule has 4 heteroatoms. The van der Waals surface area contributed by atoms with Crippen molar-refractivity contribution in [1.82, 2.24) is 5.43 Å². The summed E-state index contributed by atoms with van der Waals surface area (Å²) in [7, 11) is 0. The number of carbonyl (C=O) groups is 1. The Morgan fingerprint density at radius 1 is 2.00 bits per heavy atom. The molecule has 0 aliphatic carbocycles. The zero-order chi connectivity index (χ0) is 5.28. The third-order valence-corrected chi connectivity index (χ3v) is 1.03. The van der Waals surface area contributed by atoms with Crippen molar-refractivity contribution in [2.75, 3.05) is 0 Å². The molecule has 0 aromatic carbocycles. The zero-order valence-corrected chi connectivity index (χ0v) is 4.35. The van der Waals surface area contributed by atoms with Gasteiger partial charge in [-0.05, 0) is 0 Å². The van der Waals surface area contributed by atoms with Crippen LogP contribution >= 0.6 is 12.6 Å². The summed E-state index contributed by atoms with van der Waals surface area (Å²) in [5.41, 5.74) is 2.22. The predicted molar refractivity (Wildman–Crippen MR) is 29.4 cm³/mol. The Hall–Kier alpha value is -0.510. The fourth-order valence-electron chi connectivity index (χ4n) is 0.305. The summed E-state index contributed by atoms with van der Waals surface area (Å²) >= 11 is 3.83. The first-order chi connectivity index (χ1) is 3.30. The standard InChI is InChI=1S/C3H4N2OS/c6-3-2(7)1-4-5-3/h1-2,7H,(H,5,6). The van der Waals surface area contributed by atoms with Gasteiger partial charge in [0.25, 0.3) is 5.91 Å². The van der Waals surface area contributed by atoms with Gasteiger partial charge in [-0.15, -0.1) is 0 Å². The minimum Gasteiger partial charge on any atom is -0.271 e. The van der Waals surface area contributed by atoms with Crippen LogP contribution in [0.1, 0.15) is 0 Å². The summed E-state index contributed by atoms with van der Waals surface area (Å²) < 4.78 is 0. The largest absolute Gasteiger partial charge is 0.271 e. The van der Waals surface area contributed by atoms with Gasteiger partial charge in [-0.3, -0.25) is 4.79 Å². The molecular formula is C3H4N2OS. The SMILES string of the molecule is O=C1NN=CC1S. The number of hydrogen-bond acceptors (Lipinski definition) is 3. The predicted octanol–water partition coefficient (Wildman–Crippen LogP) is -0.600. The second-order valence-electron chi connectivity index (χ2n) is 1.20. The topological polar surface area (TPSA) is 41.5 Å². The monoisotopic (exact) mass is 116 g/mol. The van der Waals surface area contributed by atoms with Gasteiger partial charge in [0.15, 0.2) is 0 Å². The van der Waals surface area contributed by atoms with Crippen LogP contribution in [0.25, 0.3) is 0 Å². The molecule has 0 aromatic heterocycles. The Morgan fingerprint density at radius 3 is 2.86 bits per heavy atom. The van der Waals surface area contributed by atoms with Crippen molar-refractivity contribution in [3.63, 3.8) is 0 Å². The maximum Gasteiger partial charge on any atom is 0.258 e. The smallest absolute Gasteiger partial charge is 0.258 e. The second kappa shape index (κ2) is 1.54. The van der Waals surface area contributed by atoms with E-state index < -0.39 is 0 Å². The van der Waals surface area contributed by atoms with Crippen LogP contribution in [0.4, 0.5) is 0 Å². The molecule has 0 spiro atoms. The number of rotatable bonds is 0. The van der Waals surface area contributed by atoms with Crippen molar-refractivity contribution in [2.45, 2.75) is 5.25 Å². The van der Waals surface area contributed by atoms with E-state index in [4.69, 9.17) is 0 Å². The molecule has 0 bridgehead atoms. The maximum absolute atomic E-state index is 10.3. The Kier molecular flexibility index (Phi) is 1.02. The number of thiol groups is 1. The third-order valence-electron chi connectivity index (χ3n) is 0.659. The Morgan fingerprint density at radius 2 is 2.71 bits per heavy atom. The lowest BCUT2D eigenvalue weighted by Crippen LogP contribution is -2.19. The molecule has 0 saturated heterocycles. The molecule has 38 valence electrons. The summed E-state index contributed by atoms with van der Waals surface area (Å²) in [5.74, 6) is -0.150. The molecule has 0 radical (unpaired) electrons. The number of nitrogens with zero attached hydrogens (tertiary/aromatic N) is 1. The normalized spacial score (nSPS) is 28.1. The van der Waals surface area contributed by atoms with Gasteiger partial charge in [-0.25, -0.2) is 5.43 Å². The average molecular weight is 116 g/mol. The minimum atomic E-state index is -0.333. The molecule has 1 aliphatic heterocycles. The highest BCUT2D eigenvalue weighted by Gasteiger charge is 2.14. The van der Waals surface area contributed by atoms with E-state index in [1.165, 1.54) is 6.21 Å². The Bertz CT molecular complexity index is 122. The molecular weight excluding hydrogens is 112 g/mol. The van der Waals surface area contributed by atoms with E-state index in [1.54, 1.807) is 0 Å². The van der Waals surface area contributed by atoms with Gasteiger partial charge in [0.1, 0.15) is 5.25 Å². The van der Waals surface area contributed by atoms with Crippen molar-refractivity contribution in [2.24, 2.45) is 5.10 Å². The van der Waals surface area contributed by atoms with Crippen molar-refractivity contribution in [1.29, 1.82) is 0 Å². The quantitative estimate of drug-likeness (QED) is 0.408. The summed E-state index contributed by atoms with van der Waals surface area (Å²) in [6.07, 6.45) is 1.45. The van der Waals surface area contributed by atoms with Crippen LogP contribution in [0.2, 0.25) is 0 Å². The van der Waals surface area contributed by atoms with Gasteiger partial charge >= 0.3 is 0 Å². The maximum atomic E-state index is 10.3. The first-order valence-corrected chi connectivity index (χ1v) is 2.33. The van der Waals surface area contributed by atoms with Crippen molar-refractivity contribution in [3.05, 3.63) is 0 Å². The lowest BCUT2D eigenvalue weighted by molar-refractivity contribution is -0.118. The molecule has 1 N–H and O–H groups in total. The molecule has 0 saturated carbocycles. The van der Waals surface area contributed by atoms with Gasteiger partial charge in [0.05, 0.1) is 0 Å². The van der Waals surface area contributed by atoms with E-state index in [0.29, 0.717) is 0 Å². The first kappa shape index (κ1) is 4.64. The highest BCUT2D eigenvalue weighted by molar-refractivity contribution is 7.82.